The largest absolute Gasteiger partial charge is 0.370 e. The minimum atomic E-state index is -0.0285. The molecule has 0 bridgehead atoms. The average Bonchev–Trinajstić information content (AvgIpc) is 2.74. The number of rotatable bonds is 3. The van der Waals surface area contributed by atoms with Gasteiger partial charge in [-0.25, -0.2) is 4.98 Å². The number of morpholine rings is 1. The van der Waals surface area contributed by atoms with E-state index in [1.807, 2.05) is 41.3 Å². The molecule has 1 unspecified atom stereocenters. The van der Waals surface area contributed by atoms with Crippen LogP contribution in [0.5, 0.6) is 0 Å². The Labute approximate surface area is 164 Å². The third-order valence-electron chi connectivity index (χ3n) is 5.27. The van der Waals surface area contributed by atoms with Gasteiger partial charge in [0.15, 0.2) is 0 Å². The summed E-state index contributed by atoms with van der Waals surface area (Å²) < 4.78 is 5.94. The van der Waals surface area contributed by atoms with E-state index < -0.39 is 0 Å². The van der Waals surface area contributed by atoms with E-state index in [1.165, 1.54) is 6.42 Å². The van der Waals surface area contributed by atoms with Crippen LogP contribution in [0.15, 0.2) is 42.6 Å². The molecule has 2 aliphatic heterocycles. The van der Waals surface area contributed by atoms with Crippen LogP contribution in [0, 0.1) is 0 Å². The molecular formula is C21H24ClN3O2. The van der Waals surface area contributed by atoms with Gasteiger partial charge in [0, 0.05) is 43.0 Å². The first-order valence-electron chi connectivity index (χ1n) is 9.58. The van der Waals surface area contributed by atoms with E-state index in [9.17, 15) is 4.79 Å². The van der Waals surface area contributed by atoms with Gasteiger partial charge in [0.2, 0.25) is 0 Å². The molecule has 1 aromatic heterocycles. The van der Waals surface area contributed by atoms with Crippen LogP contribution in [0.2, 0.25) is 5.02 Å². The Morgan fingerprint density at radius 2 is 1.85 bits per heavy atom. The first-order valence-corrected chi connectivity index (χ1v) is 9.96. The monoisotopic (exact) mass is 385 g/mol. The topological polar surface area (TPSA) is 45.7 Å². The number of hydrogen-bond acceptors (Lipinski definition) is 4. The highest BCUT2D eigenvalue weighted by atomic mass is 35.5. The lowest BCUT2D eigenvalue weighted by Crippen LogP contribution is -2.39. The molecule has 0 spiro atoms. The first-order chi connectivity index (χ1) is 13.2. The zero-order valence-corrected chi connectivity index (χ0v) is 16.1. The standard InChI is InChI=1S/C21H24ClN3O2/c22-18-6-4-16(5-7-18)19-15-25(12-13-27-19)20-14-17(8-9-23-20)21(26)24-10-2-1-3-11-24/h4-9,14,19H,1-3,10-13,15H2. The number of aromatic nitrogens is 1. The molecule has 6 heteroatoms. The van der Waals surface area contributed by atoms with E-state index in [4.69, 9.17) is 16.3 Å². The van der Waals surface area contributed by atoms with Crippen LogP contribution in [0.25, 0.3) is 0 Å². The molecule has 5 nitrogen and oxygen atoms in total. The van der Waals surface area contributed by atoms with Crippen LogP contribution in [-0.4, -0.2) is 48.6 Å². The first kappa shape index (κ1) is 18.3. The van der Waals surface area contributed by atoms with Gasteiger partial charge in [0.05, 0.1) is 6.61 Å². The molecule has 2 aliphatic rings. The van der Waals surface area contributed by atoms with Gasteiger partial charge >= 0.3 is 0 Å². The molecular weight excluding hydrogens is 362 g/mol. The number of hydrogen-bond donors (Lipinski definition) is 0. The Balaban J connectivity index is 1.49. The molecule has 1 amide bonds. The summed E-state index contributed by atoms with van der Waals surface area (Å²) in [7, 11) is 0. The number of ether oxygens (including phenoxy) is 1. The molecule has 2 saturated heterocycles. The maximum absolute atomic E-state index is 12.8. The highest BCUT2D eigenvalue weighted by molar-refractivity contribution is 6.30. The van der Waals surface area contributed by atoms with Crippen molar-refractivity contribution < 1.29 is 9.53 Å². The molecule has 0 aliphatic carbocycles. The van der Waals surface area contributed by atoms with Crippen molar-refractivity contribution in [2.45, 2.75) is 25.4 Å². The van der Waals surface area contributed by atoms with Crippen molar-refractivity contribution >= 4 is 23.3 Å². The Bertz CT molecular complexity index is 790. The van der Waals surface area contributed by atoms with Gasteiger partial charge < -0.3 is 14.5 Å². The van der Waals surface area contributed by atoms with E-state index in [-0.39, 0.29) is 12.0 Å². The lowest BCUT2D eigenvalue weighted by atomic mass is 10.1. The Hall–Kier alpha value is -2.11. The summed E-state index contributed by atoms with van der Waals surface area (Å²) in [5.41, 5.74) is 1.82. The number of halogens is 1. The second-order valence-electron chi connectivity index (χ2n) is 7.11. The molecule has 0 saturated carbocycles. The van der Waals surface area contributed by atoms with E-state index >= 15 is 0 Å². The zero-order chi connectivity index (χ0) is 18.6. The fourth-order valence-corrected chi connectivity index (χ4v) is 3.87. The SMILES string of the molecule is O=C(c1ccnc(N2CCOC(c3ccc(Cl)cc3)C2)c1)N1CCCCC1. The Morgan fingerprint density at radius 3 is 2.63 bits per heavy atom. The van der Waals surface area contributed by atoms with Crippen molar-refractivity contribution in [3.05, 3.63) is 58.7 Å². The number of carbonyl (C=O) groups excluding carboxylic acids is 1. The van der Waals surface area contributed by atoms with E-state index in [0.717, 1.165) is 54.4 Å². The third kappa shape index (κ3) is 4.25. The van der Waals surface area contributed by atoms with Crippen LogP contribution in [0.1, 0.15) is 41.3 Å². The van der Waals surface area contributed by atoms with Gasteiger partial charge in [-0.05, 0) is 49.1 Å². The smallest absolute Gasteiger partial charge is 0.254 e. The molecule has 1 aromatic carbocycles. The van der Waals surface area contributed by atoms with Crippen molar-refractivity contribution in [2.24, 2.45) is 0 Å². The summed E-state index contributed by atoms with van der Waals surface area (Å²) in [6.07, 6.45) is 5.11. The second-order valence-corrected chi connectivity index (χ2v) is 7.55. The van der Waals surface area contributed by atoms with Crippen molar-refractivity contribution in [2.75, 3.05) is 37.7 Å². The number of amides is 1. The van der Waals surface area contributed by atoms with E-state index in [0.29, 0.717) is 13.2 Å². The summed E-state index contributed by atoms with van der Waals surface area (Å²) in [6, 6.07) is 11.5. The zero-order valence-electron chi connectivity index (χ0n) is 15.3. The molecule has 2 aromatic rings. The van der Waals surface area contributed by atoms with Crippen LogP contribution < -0.4 is 4.90 Å². The fourth-order valence-electron chi connectivity index (χ4n) is 3.74. The number of nitrogens with zero attached hydrogens (tertiary/aromatic N) is 3. The van der Waals surface area contributed by atoms with Gasteiger partial charge in [-0.1, -0.05) is 23.7 Å². The maximum atomic E-state index is 12.8. The highest BCUT2D eigenvalue weighted by Gasteiger charge is 2.24. The van der Waals surface area contributed by atoms with E-state index in [1.54, 1.807) is 6.20 Å². The van der Waals surface area contributed by atoms with E-state index in [2.05, 4.69) is 9.88 Å². The van der Waals surface area contributed by atoms with Crippen molar-refractivity contribution in [3.8, 4) is 0 Å². The minimum absolute atomic E-state index is 0.0285. The second kappa shape index (κ2) is 8.28. The number of carbonyl (C=O) groups is 1. The maximum Gasteiger partial charge on any atom is 0.254 e. The summed E-state index contributed by atoms with van der Waals surface area (Å²) >= 11 is 5.99. The lowest BCUT2D eigenvalue weighted by molar-refractivity contribution is 0.0395. The molecule has 2 fully saturated rings. The normalized spacial score (nSPS) is 20.6. The Kier molecular flexibility index (Phi) is 5.60. The molecule has 142 valence electrons. The number of anilines is 1. The summed E-state index contributed by atoms with van der Waals surface area (Å²) in [5.74, 6) is 0.945. The molecule has 1 atom stereocenters. The number of benzene rings is 1. The van der Waals surface area contributed by atoms with Gasteiger partial charge in [-0.3, -0.25) is 4.79 Å². The van der Waals surface area contributed by atoms with Crippen molar-refractivity contribution in [1.29, 1.82) is 0 Å². The number of pyridine rings is 1. The molecule has 27 heavy (non-hydrogen) atoms. The summed E-state index contributed by atoms with van der Waals surface area (Å²) in [5, 5.41) is 0.719. The highest BCUT2D eigenvalue weighted by Crippen LogP contribution is 2.27. The number of piperidine rings is 1. The van der Waals surface area contributed by atoms with Crippen molar-refractivity contribution in [3.63, 3.8) is 0 Å². The average molecular weight is 386 g/mol. The number of likely N-dealkylation sites (tertiary alicyclic amines) is 1. The van der Waals surface area contributed by atoms with Crippen LogP contribution >= 0.6 is 11.6 Å². The molecule has 0 radical (unpaired) electrons. The Morgan fingerprint density at radius 1 is 1.07 bits per heavy atom. The van der Waals surface area contributed by atoms with Gasteiger partial charge in [0.25, 0.3) is 5.91 Å². The van der Waals surface area contributed by atoms with Gasteiger partial charge in [0.1, 0.15) is 11.9 Å². The fraction of sp³-hybridized carbons (Fsp3) is 0.429. The van der Waals surface area contributed by atoms with Crippen molar-refractivity contribution in [1.82, 2.24) is 9.88 Å². The third-order valence-corrected chi connectivity index (χ3v) is 5.52. The quantitative estimate of drug-likeness (QED) is 0.802. The molecule has 3 heterocycles. The van der Waals surface area contributed by atoms with Crippen LogP contribution in [0.4, 0.5) is 5.82 Å². The summed E-state index contributed by atoms with van der Waals surface area (Å²) in [6.45, 7) is 3.80. The van der Waals surface area contributed by atoms with Gasteiger partial charge in [-0.2, -0.15) is 0 Å². The van der Waals surface area contributed by atoms with Gasteiger partial charge in [-0.15, -0.1) is 0 Å². The van der Waals surface area contributed by atoms with Crippen LogP contribution in [-0.2, 0) is 4.74 Å². The lowest BCUT2D eigenvalue weighted by Gasteiger charge is -2.34. The molecule has 0 N–H and O–H groups in total. The predicted molar refractivity (Wildman–Crippen MR) is 106 cm³/mol. The predicted octanol–water partition coefficient (Wildman–Crippen LogP) is 3.94. The summed E-state index contributed by atoms with van der Waals surface area (Å²) in [4.78, 5) is 21.5. The molecule has 4 rings (SSSR count). The van der Waals surface area contributed by atoms with Crippen LogP contribution in [0.3, 0.4) is 0 Å². The minimum Gasteiger partial charge on any atom is -0.370 e.